The molecule has 2 unspecified atom stereocenters. The monoisotopic (exact) mass is 406 g/mol. The first-order valence-corrected chi connectivity index (χ1v) is 10.8. The van der Waals surface area contributed by atoms with E-state index in [0.29, 0.717) is 18.1 Å². The van der Waals surface area contributed by atoms with Crippen molar-refractivity contribution in [1.29, 1.82) is 0 Å². The second-order valence-corrected chi connectivity index (χ2v) is 8.76. The molecule has 2 saturated carbocycles. The average molecular weight is 406 g/mol. The Morgan fingerprint density at radius 3 is 2.63 bits per heavy atom. The van der Waals surface area contributed by atoms with Crippen LogP contribution in [-0.2, 0) is 17.6 Å². The van der Waals surface area contributed by atoms with E-state index in [1.165, 1.54) is 37.5 Å². The van der Waals surface area contributed by atoms with Gasteiger partial charge in [-0.15, -0.1) is 0 Å². The second kappa shape index (κ2) is 7.42. The Bertz CT molecular complexity index is 1010. The van der Waals surface area contributed by atoms with Crippen LogP contribution in [0.2, 0.25) is 0 Å². The molecule has 30 heavy (non-hydrogen) atoms. The van der Waals surface area contributed by atoms with Gasteiger partial charge in [0.05, 0.1) is 24.9 Å². The van der Waals surface area contributed by atoms with Crippen molar-refractivity contribution in [3.63, 3.8) is 0 Å². The van der Waals surface area contributed by atoms with Gasteiger partial charge in [-0.1, -0.05) is 6.07 Å². The fourth-order valence-corrected chi connectivity index (χ4v) is 4.50. The molecule has 1 aromatic carbocycles. The summed E-state index contributed by atoms with van der Waals surface area (Å²) in [5.41, 5.74) is 5.15. The van der Waals surface area contributed by atoms with Gasteiger partial charge in [-0.2, -0.15) is 0 Å². The highest BCUT2D eigenvalue weighted by Gasteiger charge is 2.49. The van der Waals surface area contributed by atoms with Gasteiger partial charge in [0.1, 0.15) is 11.4 Å². The Hall–Kier alpha value is -2.89. The zero-order chi connectivity index (χ0) is 20.8. The van der Waals surface area contributed by atoms with Gasteiger partial charge >= 0.3 is 5.97 Å². The summed E-state index contributed by atoms with van der Waals surface area (Å²) in [4.78, 5) is 30.6. The molecule has 1 N–H and O–H groups in total. The minimum Gasteiger partial charge on any atom is -0.494 e. The third kappa shape index (κ3) is 3.55. The zero-order valence-electron chi connectivity index (χ0n) is 17.1. The maximum Gasteiger partial charge on any atom is 0.307 e. The molecule has 1 heterocycles. The predicted molar refractivity (Wildman–Crippen MR) is 113 cm³/mol. The number of methoxy groups -OCH3 is 1. The first-order valence-electron chi connectivity index (χ1n) is 10.8. The molecule has 0 aliphatic heterocycles. The number of aliphatic carboxylic acids is 1. The quantitative estimate of drug-likeness (QED) is 0.667. The van der Waals surface area contributed by atoms with Crippen molar-refractivity contribution in [1.82, 2.24) is 4.98 Å². The van der Waals surface area contributed by atoms with E-state index >= 15 is 0 Å². The summed E-state index contributed by atoms with van der Waals surface area (Å²) < 4.78 is 5.50. The van der Waals surface area contributed by atoms with E-state index in [-0.39, 0.29) is 11.5 Å². The normalized spacial score (nSPS) is 21.8. The SMILES string of the molecule is COc1cc(N(CC2CC2)c2ccc3c(c2)CCC3)cnc1C(=O)C1CC1C(=O)O. The summed E-state index contributed by atoms with van der Waals surface area (Å²) in [5.74, 6) is -1.16. The lowest BCUT2D eigenvalue weighted by Crippen LogP contribution is -2.21. The van der Waals surface area contributed by atoms with Gasteiger partial charge in [-0.3, -0.25) is 9.59 Å². The lowest BCUT2D eigenvalue weighted by atomic mass is 10.1. The highest BCUT2D eigenvalue weighted by molar-refractivity contribution is 6.03. The fourth-order valence-electron chi connectivity index (χ4n) is 4.50. The van der Waals surface area contributed by atoms with Crippen molar-refractivity contribution in [2.45, 2.75) is 38.5 Å². The summed E-state index contributed by atoms with van der Waals surface area (Å²) in [6.45, 7) is 0.917. The molecule has 6 heteroatoms. The topological polar surface area (TPSA) is 79.7 Å². The fraction of sp³-hybridized carbons (Fsp3) is 0.458. The number of benzene rings is 1. The number of anilines is 2. The van der Waals surface area contributed by atoms with Gasteiger partial charge in [-0.05, 0) is 67.7 Å². The van der Waals surface area contributed by atoms with Gasteiger partial charge in [0.25, 0.3) is 0 Å². The van der Waals surface area contributed by atoms with E-state index < -0.39 is 17.8 Å². The maximum atomic E-state index is 12.7. The lowest BCUT2D eigenvalue weighted by molar-refractivity contribution is -0.138. The predicted octanol–water partition coefficient (Wildman–Crippen LogP) is 4.03. The largest absolute Gasteiger partial charge is 0.494 e. The van der Waals surface area contributed by atoms with Crippen LogP contribution in [0.3, 0.4) is 0 Å². The highest BCUT2D eigenvalue weighted by atomic mass is 16.5. The third-order valence-electron chi connectivity index (χ3n) is 6.58. The van der Waals surface area contributed by atoms with Crippen molar-refractivity contribution in [3.8, 4) is 5.75 Å². The number of fused-ring (bicyclic) bond motifs is 1. The maximum absolute atomic E-state index is 12.7. The molecular formula is C24H26N2O4. The number of ketones is 1. The lowest BCUT2D eigenvalue weighted by Gasteiger charge is -2.26. The average Bonchev–Trinajstić information content (AvgIpc) is 3.68. The number of Topliss-reactive ketones (excluding diaryl/α,β-unsaturated/α-hetero) is 1. The number of pyridine rings is 1. The number of carbonyl (C=O) groups is 2. The molecule has 0 amide bonds. The number of ether oxygens (including phenoxy) is 1. The summed E-state index contributed by atoms with van der Waals surface area (Å²) >= 11 is 0. The number of hydrogen-bond donors (Lipinski definition) is 1. The van der Waals surface area contributed by atoms with Crippen LogP contribution < -0.4 is 9.64 Å². The third-order valence-corrected chi connectivity index (χ3v) is 6.58. The number of aromatic nitrogens is 1. The molecule has 1 aromatic heterocycles. The van der Waals surface area contributed by atoms with Crippen LogP contribution in [0, 0.1) is 17.8 Å². The van der Waals surface area contributed by atoms with Gasteiger partial charge < -0.3 is 14.7 Å². The van der Waals surface area contributed by atoms with Gasteiger partial charge in [0.15, 0.2) is 5.78 Å². The van der Waals surface area contributed by atoms with Crippen LogP contribution in [0.4, 0.5) is 11.4 Å². The molecule has 2 fully saturated rings. The van der Waals surface area contributed by atoms with Crippen LogP contribution in [0.25, 0.3) is 0 Å². The number of nitrogens with zero attached hydrogens (tertiary/aromatic N) is 2. The minimum atomic E-state index is -0.920. The van der Waals surface area contributed by atoms with Crippen molar-refractivity contribution in [2.75, 3.05) is 18.6 Å². The van der Waals surface area contributed by atoms with Gasteiger partial charge in [0, 0.05) is 24.2 Å². The molecule has 2 atom stereocenters. The standard InChI is InChI=1S/C24H26N2O4/c1-30-21-10-18(12-25-22(21)23(27)19-11-20(19)24(28)29)26(13-14-5-6-14)17-8-7-15-3-2-4-16(15)9-17/h7-10,12,14,19-20H,2-6,11,13H2,1H3,(H,28,29). The van der Waals surface area contributed by atoms with Crippen molar-refractivity contribution < 1.29 is 19.4 Å². The van der Waals surface area contributed by atoms with Crippen LogP contribution >= 0.6 is 0 Å². The summed E-state index contributed by atoms with van der Waals surface area (Å²) in [6, 6.07) is 8.57. The van der Waals surface area contributed by atoms with Crippen LogP contribution in [-0.4, -0.2) is 35.5 Å². The molecule has 6 nitrogen and oxygen atoms in total. The Kier molecular flexibility index (Phi) is 4.72. The minimum absolute atomic E-state index is 0.232. The molecule has 0 radical (unpaired) electrons. The smallest absolute Gasteiger partial charge is 0.307 e. The first-order chi connectivity index (χ1) is 14.5. The van der Waals surface area contributed by atoms with Crippen LogP contribution in [0.15, 0.2) is 30.5 Å². The Morgan fingerprint density at radius 1 is 1.13 bits per heavy atom. The Balaban J connectivity index is 1.46. The number of carboxylic acid groups (broad SMARTS) is 1. The summed E-state index contributed by atoms with van der Waals surface area (Å²) in [6.07, 6.45) is 8.07. The summed E-state index contributed by atoms with van der Waals surface area (Å²) in [5, 5.41) is 9.13. The van der Waals surface area contributed by atoms with E-state index in [4.69, 9.17) is 9.84 Å². The molecule has 0 spiro atoms. The molecule has 3 aliphatic rings. The highest BCUT2D eigenvalue weighted by Crippen LogP contribution is 2.43. The number of carbonyl (C=O) groups excluding carboxylic acids is 1. The molecular weight excluding hydrogens is 380 g/mol. The van der Waals surface area contributed by atoms with Crippen LogP contribution in [0.1, 0.15) is 47.3 Å². The number of hydrogen-bond acceptors (Lipinski definition) is 5. The van der Waals surface area contributed by atoms with E-state index in [1.54, 1.807) is 6.20 Å². The van der Waals surface area contributed by atoms with Gasteiger partial charge in [-0.25, -0.2) is 4.98 Å². The van der Waals surface area contributed by atoms with Crippen LogP contribution in [0.5, 0.6) is 5.75 Å². The number of aryl methyl sites for hydroxylation is 2. The molecule has 156 valence electrons. The Labute approximate surface area is 175 Å². The van der Waals surface area contributed by atoms with E-state index in [9.17, 15) is 9.59 Å². The molecule has 2 aromatic rings. The van der Waals surface area contributed by atoms with Crippen molar-refractivity contribution in [2.24, 2.45) is 17.8 Å². The Morgan fingerprint density at radius 2 is 1.93 bits per heavy atom. The molecule has 5 rings (SSSR count). The second-order valence-electron chi connectivity index (χ2n) is 8.76. The van der Waals surface area contributed by atoms with E-state index in [0.717, 1.165) is 30.8 Å². The number of carboxylic acids is 1. The molecule has 0 bridgehead atoms. The van der Waals surface area contributed by atoms with E-state index in [2.05, 4.69) is 28.1 Å². The van der Waals surface area contributed by atoms with Crippen molar-refractivity contribution in [3.05, 3.63) is 47.3 Å². The number of rotatable bonds is 8. The van der Waals surface area contributed by atoms with Crippen molar-refractivity contribution >= 4 is 23.1 Å². The first kappa shape index (κ1) is 19.1. The summed E-state index contributed by atoms with van der Waals surface area (Å²) in [7, 11) is 1.53. The van der Waals surface area contributed by atoms with Gasteiger partial charge in [0.2, 0.25) is 0 Å². The zero-order valence-corrected chi connectivity index (χ0v) is 17.1. The molecule has 3 aliphatic carbocycles. The van der Waals surface area contributed by atoms with E-state index in [1.807, 2.05) is 6.07 Å². The molecule has 0 saturated heterocycles.